The highest BCUT2D eigenvalue weighted by Gasteiger charge is 2.44. The maximum absolute atomic E-state index is 7.44. The SMILES string of the molecule is CC1(Cl)C([Si]C2=Cc3ccccc3C2(Cl)c2ccccc2)=Cc2ccccc21. The van der Waals surface area contributed by atoms with Gasteiger partial charge in [0.25, 0.3) is 0 Å². The van der Waals surface area contributed by atoms with Gasteiger partial charge < -0.3 is 0 Å². The van der Waals surface area contributed by atoms with E-state index in [1.54, 1.807) is 0 Å². The van der Waals surface area contributed by atoms with Gasteiger partial charge in [-0.25, -0.2) is 0 Å². The molecule has 2 atom stereocenters. The lowest BCUT2D eigenvalue weighted by atomic mass is 9.92. The van der Waals surface area contributed by atoms with E-state index in [0.717, 1.165) is 11.1 Å². The minimum atomic E-state index is -0.654. The van der Waals surface area contributed by atoms with Crippen LogP contribution in [0, 0.1) is 0 Å². The van der Waals surface area contributed by atoms with Crippen LogP contribution in [0.4, 0.5) is 0 Å². The molecule has 0 saturated carbocycles. The van der Waals surface area contributed by atoms with Gasteiger partial charge in [0.2, 0.25) is 0 Å². The Labute approximate surface area is 178 Å². The van der Waals surface area contributed by atoms with Crippen molar-refractivity contribution in [1.82, 2.24) is 0 Å². The number of hydrogen-bond acceptors (Lipinski definition) is 0. The Hall–Kier alpha value is -2.06. The van der Waals surface area contributed by atoms with Gasteiger partial charge in [0.15, 0.2) is 0 Å². The molecule has 0 nitrogen and oxygen atoms in total. The van der Waals surface area contributed by atoms with Crippen LogP contribution in [0.1, 0.15) is 34.7 Å². The van der Waals surface area contributed by atoms with Gasteiger partial charge in [-0.05, 0) is 34.7 Å². The number of allylic oxidation sites excluding steroid dienone is 2. The molecule has 0 amide bonds. The Kier molecular flexibility index (Phi) is 4.17. The van der Waals surface area contributed by atoms with Crippen LogP contribution >= 0.6 is 23.2 Å². The van der Waals surface area contributed by atoms with Crippen LogP contribution in [0.2, 0.25) is 0 Å². The highest BCUT2D eigenvalue weighted by molar-refractivity contribution is 6.62. The number of hydrogen-bond donors (Lipinski definition) is 0. The third kappa shape index (κ3) is 2.57. The quantitative estimate of drug-likeness (QED) is 0.327. The monoisotopic (exact) mass is 416 g/mol. The average molecular weight is 417 g/mol. The largest absolute Gasteiger partial charge is 0.116 e. The molecule has 3 heteroatoms. The zero-order valence-corrected chi connectivity index (χ0v) is 17.9. The maximum Gasteiger partial charge on any atom is 0.116 e. The van der Waals surface area contributed by atoms with Gasteiger partial charge in [-0.2, -0.15) is 0 Å². The molecule has 0 fully saturated rings. The molecule has 2 unspecified atom stereocenters. The fourth-order valence-electron chi connectivity index (χ4n) is 4.22. The molecule has 2 aliphatic carbocycles. The summed E-state index contributed by atoms with van der Waals surface area (Å²) >= 11 is 14.5. The summed E-state index contributed by atoms with van der Waals surface area (Å²) in [4.78, 5) is -1.15. The Morgan fingerprint density at radius 1 is 0.643 bits per heavy atom. The van der Waals surface area contributed by atoms with Crippen LogP contribution in [-0.4, -0.2) is 9.52 Å². The second-order valence-corrected chi connectivity index (χ2v) is 10.1. The van der Waals surface area contributed by atoms with Crippen molar-refractivity contribution >= 4 is 44.9 Å². The number of rotatable bonds is 3. The molecular weight excluding hydrogens is 399 g/mol. The molecule has 0 aromatic heterocycles. The highest BCUT2D eigenvalue weighted by atomic mass is 35.5. The van der Waals surface area contributed by atoms with Crippen molar-refractivity contribution < 1.29 is 0 Å². The van der Waals surface area contributed by atoms with Crippen LogP contribution in [0.15, 0.2) is 89.3 Å². The molecular formula is C25H18Cl2Si. The lowest BCUT2D eigenvalue weighted by Gasteiger charge is -2.30. The first-order chi connectivity index (χ1) is 13.5. The lowest BCUT2D eigenvalue weighted by molar-refractivity contribution is 0.857. The van der Waals surface area contributed by atoms with Crippen molar-refractivity contribution in [3.63, 3.8) is 0 Å². The van der Waals surface area contributed by atoms with Crippen LogP contribution in [0.5, 0.6) is 0 Å². The Morgan fingerprint density at radius 2 is 1.18 bits per heavy atom. The van der Waals surface area contributed by atoms with Gasteiger partial charge >= 0.3 is 0 Å². The zero-order chi connectivity index (χ0) is 19.4. The van der Waals surface area contributed by atoms with Gasteiger partial charge in [0.05, 0.1) is 4.87 Å². The molecule has 3 aromatic rings. The third-order valence-electron chi connectivity index (χ3n) is 5.72. The van der Waals surface area contributed by atoms with Gasteiger partial charge in [0, 0.05) is 0 Å². The number of alkyl halides is 2. The van der Waals surface area contributed by atoms with E-state index in [1.165, 1.54) is 27.1 Å². The minimum Gasteiger partial charge on any atom is -0.110 e. The second kappa shape index (κ2) is 6.49. The summed E-state index contributed by atoms with van der Waals surface area (Å²) in [5.74, 6) is 0. The van der Waals surface area contributed by atoms with Gasteiger partial charge in [0.1, 0.15) is 14.4 Å². The first kappa shape index (κ1) is 18.0. The predicted octanol–water partition coefficient (Wildman–Crippen LogP) is 6.74. The van der Waals surface area contributed by atoms with Gasteiger partial charge in [-0.3, -0.25) is 0 Å². The number of benzene rings is 3. The molecule has 0 spiro atoms. The Balaban J connectivity index is 1.61. The van der Waals surface area contributed by atoms with E-state index < -0.39 is 9.75 Å². The Bertz CT molecular complexity index is 1130. The van der Waals surface area contributed by atoms with Crippen molar-refractivity contribution in [3.05, 3.63) is 117 Å². The molecule has 0 heterocycles. The Morgan fingerprint density at radius 3 is 1.86 bits per heavy atom. The van der Waals surface area contributed by atoms with E-state index in [-0.39, 0.29) is 0 Å². The van der Waals surface area contributed by atoms with Crippen LogP contribution in [0.25, 0.3) is 12.2 Å². The standard InChI is InChI=1S/C25H18Cl2Si/c1-24(26)20-13-7-5-9-17(20)15-22(24)28-23-16-18-10-6-8-14-21(18)25(23,27)19-11-3-2-4-12-19/h2-16H,1H3. The summed E-state index contributed by atoms with van der Waals surface area (Å²) in [6, 6.07) is 27.2. The predicted molar refractivity (Wildman–Crippen MR) is 121 cm³/mol. The number of halogens is 2. The highest BCUT2D eigenvalue weighted by Crippen LogP contribution is 2.52. The molecule has 0 bridgehead atoms. The number of fused-ring (bicyclic) bond motifs is 2. The van der Waals surface area contributed by atoms with Crippen molar-refractivity contribution in [3.8, 4) is 0 Å². The molecule has 136 valence electrons. The molecule has 3 aromatic carbocycles. The first-order valence-electron chi connectivity index (χ1n) is 9.35. The third-order valence-corrected chi connectivity index (χ3v) is 8.77. The van der Waals surface area contributed by atoms with E-state index in [4.69, 9.17) is 23.2 Å². The van der Waals surface area contributed by atoms with Crippen LogP contribution in [-0.2, 0) is 9.75 Å². The fraction of sp³-hybridized carbons (Fsp3) is 0.120. The minimum absolute atomic E-state index is 0.419. The molecule has 0 aliphatic heterocycles. The molecule has 0 saturated heterocycles. The van der Waals surface area contributed by atoms with Gasteiger partial charge in [-0.1, -0.05) is 101 Å². The first-order valence-corrected chi connectivity index (χ1v) is 11.1. The van der Waals surface area contributed by atoms with E-state index in [1.807, 2.05) is 6.07 Å². The second-order valence-electron chi connectivity index (χ2n) is 7.44. The van der Waals surface area contributed by atoms with Crippen molar-refractivity contribution in [2.24, 2.45) is 0 Å². The summed E-state index contributed by atoms with van der Waals surface area (Å²) in [5.41, 5.74) is 5.83. The normalized spacial score (nSPS) is 25.1. The summed E-state index contributed by atoms with van der Waals surface area (Å²) in [6.45, 7) is 2.10. The van der Waals surface area contributed by atoms with Crippen molar-refractivity contribution in [1.29, 1.82) is 0 Å². The average Bonchev–Trinajstić information content (AvgIpc) is 3.15. The topological polar surface area (TPSA) is 0 Å². The fourth-order valence-corrected chi connectivity index (χ4v) is 6.65. The van der Waals surface area contributed by atoms with E-state index in [9.17, 15) is 0 Å². The smallest absolute Gasteiger partial charge is 0.110 e. The van der Waals surface area contributed by atoms with E-state index in [2.05, 4.69) is 91.9 Å². The lowest BCUT2D eigenvalue weighted by Crippen LogP contribution is -2.28. The van der Waals surface area contributed by atoms with Crippen molar-refractivity contribution in [2.45, 2.75) is 16.7 Å². The maximum atomic E-state index is 7.44. The van der Waals surface area contributed by atoms with Crippen molar-refractivity contribution in [2.75, 3.05) is 0 Å². The van der Waals surface area contributed by atoms with Crippen LogP contribution < -0.4 is 0 Å². The van der Waals surface area contributed by atoms with Gasteiger partial charge in [-0.15, -0.1) is 23.2 Å². The summed E-state index contributed by atoms with van der Waals surface area (Å²) < 4.78 is 0. The zero-order valence-electron chi connectivity index (χ0n) is 15.4. The summed E-state index contributed by atoms with van der Waals surface area (Å²) in [6.07, 6.45) is 4.50. The van der Waals surface area contributed by atoms with E-state index in [0.29, 0.717) is 9.52 Å². The summed E-state index contributed by atoms with van der Waals surface area (Å²) in [7, 11) is 0.419. The molecule has 28 heavy (non-hydrogen) atoms. The molecule has 5 rings (SSSR count). The molecule has 2 radical (unpaired) electrons. The molecule has 2 aliphatic rings. The molecule has 0 N–H and O–H groups in total. The van der Waals surface area contributed by atoms with E-state index >= 15 is 0 Å². The van der Waals surface area contributed by atoms with Crippen LogP contribution in [0.3, 0.4) is 0 Å². The summed E-state index contributed by atoms with van der Waals surface area (Å²) in [5, 5.41) is 2.42.